The van der Waals surface area contributed by atoms with E-state index in [0.29, 0.717) is 16.6 Å². The van der Waals surface area contributed by atoms with Crippen LogP contribution >= 0.6 is 15.9 Å². The Balaban J connectivity index is 2.77. The molecule has 0 fully saturated rings. The van der Waals surface area contributed by atoms with Crippen molar-refractivity contribution >= 4 is 37.5 Å². The molecule has 102 valence electrons. The molecule has 0 radical (unpaired) electrons. The summed E-state index contributed by atoms with van der Waals surface area (Å²) in [6.07, 6.45) is 1.99. The average molecular weight is 336 g/mol. The van der Waals surface area contributed by atoms with Crippen molar-refractivity contribution in [3.8, 4) is 0 Å². The van der Waals surface area contributed by atoms with Crippen LogP contribution in [0.1, 0.15) is 27.2 Å². The van der Waals surface area contributed by atoms with Gasteiger partial charge in [-0.05, 0) is 33.8 Å². The third kappa shape index (κ3) is 5.22. The minimum absolute atomic E-state index is 0.0273. The lowest BCUT2D eigenvalue weighted by atomic mass is 9.94. The third-order valence-electron chi connectivity index (χ3n) is 2.24. The fourth-order valence-electron chi connectivity index (χ4n) is 1.17. The highest BCUT2D eigenvalue weighted by atomic mass is 79.9. The van der Waals surface area contributed by atoms with Crippen molar-refractivity contribution in [3.63, 3.8) is 0 Å². The Hall–Kier alpha value is -0.820. The first-order valence-corrected chi connectivity index (χ1v) is 7.95. The average Bonchev–Trinajstić information content (AvgIpc) is 2.19. The van der Waals surface area contributed by atoms with Gasteiger partial charge in [-0.2, -0.15) is 0 Å². The van der Waals surface area contributed by atoms with Gasteiger partial charge in [-0.25, -0.2) is 13.4 Å². The molecule has 0 aliphatic rings. The summed E-state index contributed by atoms with van der Waals surface area (Å²) in [7, 11) is -3.39. The number of pyridine rings is 1. The molecule has 3 N–H and O–H groups in total. The van der Waals surface area contributed by atoms with Gasteiger partial charge in [0.15, 0.2) is 5.82 Å². The summed E-state index contributed by atoms with van der Waals surface area (Å²) in [5.41, 5.74) is 5.98. The molecule has 0 aliphatic carbocycles. The predicted octanol–water partition coefficient (Wildman–Crippen LogP) is 2.60. The van der Waals surface area contributed by atoms with Crippen molar-refractivity contribution in [1.82, 2.24) is 4.98 Å². The molecule has 0 aliphatic heterocycles. The lowest BCUT2D eigenvalue weighted by molar-refractivity contribution is 0.397. The van der Waals surface area contributed by atoms with Gasteiger partial charge in [0.1, 0.15) is 0 Å². The van der Waals surface area contributed by atoms with Crippen molar-refractivity contribution in [3.05, 3.63) is 16.7 Å². The predicted molar refractivity (Wildman–Crippen MR) is 77.8 cm³/mol. The fourth-order valence-corrected chi connectivity index (χ4v) is 3.20. The molecule has 0 amide bonds. The van der Waals surface area contributed by atoms with E-state index in [1.54, 1.807) is 6.07 Å². The van der Waals surface area contributed by atoms with Crippen molar-refractivity contribution in [2.24, 2.45) is 5.41 Å². The molecule has 0 spiro atoms. The first-order chi connectivity index (χ1) is 8.09. The van der Waals surface area contributed by atoms with Crippen LogP contribution in [0.5, 0.6) is 0 Å². The lowest BCUT2D eigenvalue weighted by Gasteiger charge is -2.18. The summed E-state index contributed by atoms with van der Waals surface area (Å²) < 4.78 is 26.7. The van der Waals surface area contributed by atoms with Crippen LogP contribution < -0.4 is 10.5 Å². The van der Waals surface area contributed by atoms with Gasteiger partial charge in [-0.1, -0.05) is 20.8 Å². The van der Waals surface area contributed by atoms with Gasteiger partial charge in [0.05, 0.1) is 22.1 Å². The summed E-state index contributed by atoms with van der Waals surface area (Å²) in [6, 6.07) is 1.61. The fraction of sp³-hybridized carbons (Fsp3) is 0.545. The molecule has 0 saturated carbocycles. The molecule has 0 saturated heterocycles. The molecule has 0 atom stereocenters. The van der Waals surface area contributed by atoms with Gasteiger partial charge in [0, 0.05) is 0 Å². The first kappa shape index (κ1) is 15.2. The number of nitrogen functional groups attached to an aromatic ring is 1. The van der Waals surface area contributed by atoms with Gasteiger partial charge in [-0.15, -0.1) is 0 Å². The maximum Gasteiger partial charge on any atom is 0.233 e. The van der Waals surface area contributed by atoms with Crippen molar-refractivity contribution in [1.29, 1.82) is 0 Å². The Morgan fingerprint density at radius 3 is 2.56 bits per heavy atom. The summed E-state index contributed by atoms with van der Waals surface area (Å²) in [5.74, 6) is 0.327. The van der Waals surface area contributed by atoms with Gasteiger partial charge < -0.3 is 5.73 Å². The summed E-state index contributed by atoms with van der Waals surface area (Å²) in [4.78, 5) is 3.95. The SMILES string of the molecule is CC(C)(C)CCS(=O)(=O)Nc1ncc(N)cc1Br. The van der Waals surface area contributed by atoms with Gasteiger partial charge in [0.2, 0.25) is 10.0 Å². The Morgan fingerprint density at radius 1 is 1.44 bits per heavy atom. The van der Waals surface area contributed by atoms with Crippen LogP contribution in [0.3, 0.4) is 0 Å². The monoisotopic (exact) mass is 335 g/mol. The summed E-state index contributed by atoms with van der Waals surface area (Å²) >= 11 is 3.22. The first-order valence-electron chi connectivity index (χ1n) is 5.51. The topological polar surface area (TPSA) is 85.1 Å². The normalized spacial score (nSPS) is 12.4. The number of nitrogens with zero attached hydrogens (tertiary/aromatic N) is 1. The number of halogens is 1. The molecule has 1 aromatic rings. The van der Waals surface area contributed by atoms with E-state index in [1.807, 2.05) is 20.8 Å². The van der Waals surface area contributed by atoms with Crippen molar-refractivity contribution in [2.75, 3.05) is 16.2 Å². The molecule has 0 bridgehead atoms. The molecular formula is C11H18BrN3O2S. The Kier molecular flexibility index (Phi) is 4.61. The summed E-state index contributed by atoms with van der Waals surface area (Å²) in [5, 5.41) is 0. The van der Waals surface area contributed by atoms with Gasteiger partial charge in [0.25, 0.3) is 0 Å². The van der Waals surface area contributed by atoms with Crippen LogP contribution in [0.2, 0.25) is 0 Å². The Labute approximate surface area is 116 Å². The molecule has 7 heteroatoms. The molecular weight excluding hydrogens is 318 g/mol. The maximum absolute atomic E-state index is 11.9. The third-order valence-corrected chi connectivity index (χ3v) is 4.09. The second kappa shape index (κ2) is 5.44. The van der Waals surface area contributed by atoms with Crippen LogP contribution in [0.4, 0.5) is 11.5 Å². The second-order valence-corrected chi connectivity index (χ2v) is 8.03. The maximum atomic E-state index is 11.9. The number of hydrogen-bond acceptors (Lipinski definition) is 4. The number of nitrogens with one attached hydrogen (secondary N) is 1. The zero-order valence-corrected chi connectivity index (χ0v) is 13.1. The molecule has 1 rings (SSSR count). The largest absolute Gasteiger partial charge is 0.397 e. The molecule has 1 heterocycles. The smallest absolute Gasteiger partial charge is 0.233 e. The Bertz CT molecular complexity index is 524. The van der Waals surface area contributed by atoms with E-state index in [-0.39, 0.29) is 17.0 Å². The molecule has 0 unspecified atom stereocenters. The molecule has 1 aromatic heterocycles. The van der Waals surface area contributed by atoms with Crippen molar-refractivity contribution < 1.29 is 8.42 Å². The van der Waals surface area contributed by atoms with Crippen LogP contribution in [-0.4, -0.2) is 19.2 Å². The van der Waals surface area contributed by atoms with Crippen molar-refractivity contribution in [2.45, 2.75) is 27.2 Å². The van der Waals surface area contributed by atoms with E-state index in [2.05, 4.69) is 25.6 Å². The van der Waals surface area contributed by atoms with E-state index >= 15 is 0 Å². The lowest BCUT2D eigenvalue weighted by Crippen LogP contribution is -2.21. The number of hydrogen-bond donors (Lipinski definition) is 2. The van der Waals surface area contributed by atoms with E-state index in [0.717, 1.165) is 0 Å². The van der Waals surface area contributed by atoms with Crippen LogP contribution in [0.15, 0.2) is 16.7 Å². The Morgan fingerprint density at radius 2 is 2.06 bits per heavy atom. The number of nitrogens with two attached hydrogens (primary N) is 1. The van der Waals surface area contributed by atoms with E-state index in [1.165, 1.54) is 6.20 Å². The minimum atomic E-state index is -3.39. The van der Waals surface area contributed by atoms with E-state index < -0.39 is 10.0 Å². The zero-order chi connectivity index (χ0) is 14.0. The highest BCUT2D eigenvalue weighted by Gasteiger charge is 2.18. The van der Waals surface area contributed by atoms with E-state index in [4.69, 9.17) is 5.73 Å². The number of sulfonamides is 1. The highest BCUT2D eigenvalue weighted by molar-refractivity contribution is 9.10. The minimum Gasteiger partial charge on any atom is -0.397 e. The summed E-state index contributed by atoms with van der Waals surface area (Å²) in [6.45, 7) is 6.00. The second-order valence-electron chi connectivity index (χ2n) is 5.33. The quantitative estimate of drug-likeness (QED) is 0.885. The van der Waals surface area contributed by atoms with E-state index in [9.17, 15) is 8.42 Å². The van der Waals surface area contributed by atoms with Gasteiger partial charge >= 0.3 is 0 Å². The van der Waals surface area contributed by atoms with Crippen LogP contribution in [0.25, 0.3) is 0 Å². The number of rotatable bonds is 4. The van der Waals surface area contributed by atoms with Crippen LogP contribution in [-0.2, 0) is 10.0 Å². The molecule has 18 heavy (non-hydrogen) atoms. The number of anilines is 2. The molecule has 0 aromatic carbocycles. The highest BCUT2D eigenvalue weighted by Crippen LogP contribution is 2.24. The molecule has 5 nitrogen and oxygen atoms in total. The van der Waals surface area contributed by atoms with Crippen LogP contribution in [0, 0.1) is 5.41 Å². The number of aromatic nitrogens is 1. The van der Waals surface area contributed by atoms with Gasteiger partial charge in [-0.3, -0.25) is 4.72 Å². The zero-order valence-electron chi connectivity index (χ0n) is 10.7. The standard InChI is InChI=1S/C11H18BrN3O2S/c1-11(2,3)4-5-18(16,17)15-10-9(12)6-8(13)7-14-10/h6-7H,4-5,13H2,1-3H3,(H,14,15).